The van der Waals surface area contributed by atoms with Gasteiger partial charge < -0.3 is 5.11 Å². The highest BCUT2D eigenvalue weighted by molar-refractivity contribution is 5.38. The van der Waals surface area contributed by atoms with Crippen LogP contribution in [-0.4, -0.2) is 47.1 Å². The zero-order valence-electron chi connectivity index (χ0n) is 13.3. The Morgan fingerprint density at radius 1 is 1.35 bits per heavy atom. The van der Waals surface area contributed by atoms with Gasteiger partial charge in [0, 0.05) is 30.7 Å². The molecule has 0 saturated carbocycles. The first-order valence-corrected chi connectivity index (χ1v) is 7.84. The van der Waals surface area contributed by atoms with E-state index in [0.29, 0.717) is 11.8 Å². The van der Waals surface area contributed by atoms with Crippen LogP contribution in [0.25, 0.3) is 0 Å². The van der Waals surface area contributed by atoms with Gasteiger partial charge in [-0.2, -0.15) is 0 Å². The van der Waals surface area contributed by atoms with Crippen LogP contribution in [0, 0.1) is 6.92 Å². The van der Waals surface area contributed by atoms with E-state index >= 15 is 0 Å². The molecule has 3 nitrogen and oxygen atoms in total. The molecular formula is C17H28N2O. The summed E-state index contributed by atoms with van der Waals surface area (Å²) in [6, 6.07) is 6.98. The summed E-state index contributed by atoms with van der Waals surface area (Å²) in [6.45, 7) is 13.2. The summed E-state index contributed by atoms with van der Waals surface area (Å²) in [5, 5.41) is 10.2. The number of likely N-dealkylation sites (tertiary alicyclic amines) is 1. The van der Waals surface area contributed by atoms with Gasteiger partial charge in [0.15, 0.2) is 0 Å². The van der Waals surface area contributed by atoms with Crippen LogP contribution in [-0.2, 0) is 0 Å². The van der Waals surface area contributed by atoms with Gasteiger partial charge in [-0.15, -0.1) is 0 Å². The van der Waals surface area contributed by atoms with Crippen LogP contribution in [0.5, 0.6) is 5.75 Å². The molecular weight excluding hydrogens is 248 g/mol. The van der Waals surface area contributed by atoms with Crippen molar-refractivity contribution in [1.29, 1.82) is 0 Å². The normalized spacial score (nSPS) is 21.6. The number of phenols is 1. The molecule has 1 heterocycles. The van der Waals surface area contributed by atoms with E-state index in [1.807, 2.05) is 13.0 Å². The monoisotopic (exact) mass is 276 g/mol. The third-order valence-electron chi connectivity index (χ3n) is 4.71. The fourth-order valence-electron chi connectivity index (χ4n) is 3.36. The number of benzene rings is 1. The topological polar surface area (TPSA) is 26.7 Å². The first kappa shape index (κ1) is 15.3. The van der Waals surface area contributed by atoms with Gasteiger partial charge in [-0.25, -0.2) is 0 Å². The van der Waals surface area contributed by atoms with Crippen LogP contribution in [0.4, 0.5) is 0 Å². The third kappa shape index (κ3) is 3.15. The molecule has 1 aliphatic rings. The minimum absolute atomic E-state index is 0.288. The molecule has 1 saturated heterocycles. The van der Waals surface area contributed by atoms with Crippen LogP contribution in [0.15, 0.2) is 18.2 Å². The minimum atomic E-state index is 0.288. The van der Waals surface area contributed by atoms with E-state index in [1.165, 1.54) is 6.42 Å². The van der Waals surface area contributed by atoms with E-state index < -0.39 is 0 Å². The van der Waals surface area contributed by atoms with Crippen LogP contribution in [0.2, 0.25) is 0 Å². The Labute approximate surface area is 123 Å². The maximum atomic E-state index is 10.2. The number of hydrogen-bond donors (Lipinski definition) is 1. The van der Waals surface area contributed by atoms with Crippen molar-refractivity contribution in [3.05, 3.63) is 29.3 Å². The first-order chi connectivity index (χ1) is 9.56. The molecule has 112 valence electrons. The first-order valence-electron chi connectivity index (χ1n) is 7.84. The fourth-order valence-corrected chi connectivity index (χ4v) is 3.36. The number of aryl methyl sites for hydroxylation is 1. The van der Waals surface area contributed by atoms with Crippen LogP contribution in [0.3, 0.4) is 0 Å². The summed E-state index contributed by atoms with van der Waals surface area (Å²) in [5.41, 5.74) is 2.16. The summed E-state index contributed by atoms with van der Waals surface area (Å²) >= 11 is 0. The smallest absolute Gasteiger partial charge is 0.120 e. The highest BCUT2D eigenvalue weighted by Crippen LogP contribution is 2.32. The van der Waals surface area contributed by atoms with Crippen molar-refractivity contribution < 1.29 is 5.11 Å². The van der Waals surface area contributed by atoms with Gasteiger partial charge in [0.25, 0.3) is 0 Å². The molecule has 0 spiro atoms. The molecule has 0 aromatic heterocycles. The summed E-state index contributed by atoms with van der Waals surface area (Å²) in [5.74, 6) is 0.434. The van der Waals surface area contributed by atoms with E-state index in [-0.39, 0.29) is 6.04 Å². The van der Waals surface area contributed by atoms with Crippen molar-refractivity contribution in [2.24, 2.45) is 0 Å². The Morgan fingerprint density at radius 3 is 2.65 bits per heavy atom. The van der Waals surface area contributed by atoms with E-state index in [2.05, 4.69) is 42.7 Å². The maximum absolute atomic E-state index is 10.2. The molecule has 3 heteroatoms. The lowest BCUT2D eigenvalue weighted by atomic mass is 10.0. The Bertz CT molecular complexity index is 443. The molecule has 1 aromatic rings. The average molecular weight is 276 g/mol. The predicted molar refractivity (Wildman–Crippen MR) is 84.2 cm³/mol. The summed E-state index contributed by atoms with van der Waals surface area (Å²) < 4.78 is 0. The lowest BCUT2D eigenvalue weighted by Gasteiger charge is -2.29. The lowest BCUT2D eigenvalue weighted by molar-refractivity contribution is 0.192. The van der Waals surface area contributed by atoms with Gasteiger partial charge in [0.05, 0.1) is 0 Å². The van der Waals surface area contributed by atoms with E-state index in [0.717, 1.165) is 37.3 Å². The Balaban J connectivity index is 2.05. The SMILES string of the molecule is CCN(CC)C1CCN(C(C)c2ccc(C)cc2O)C1. The molecule has 1 fully saturated rings. The molecule has 1 N–H and O–H groups in total. The molecule has 0 radical (unpaired) electrons. The molecule has 2 atom stereocenters. The molecule has 0 amide bonds. The number of nitrogens with zero attached hydrogens (tertiary/aromatic N) is 2. The zero-order chi connectivity index (χ0) is 14.7. The van der Waals surface area contributed by atoms with Gasteiger partial charge in [-0.3, -0.25) is 9.80 Å². The maximum Gasteiger partial charge on any atom is 0.120 e. The largest absolute Gasteiger partial charge is 0.508 e. The number of rotatable bonds is 5. The molecule has 1 aliphatic heterocycles. The Kier molecular flexibility index (Phi) is 5.06. The standard InChI is InChI=1S/C17H28N2O/c1-5-18(6-2)15-9-10-19(12-15)14(4)16-8-7-13(3)11-17(16)20/h7-8,11,14-15,20H,5-6,9-10,12H2,1-4H3. The number of likely N-dealkylation sites (N-methyl/N-ethyl adjacent to an activating group) is 1. The van der Waals surface area contributed by atoms with Crippen molar-refractivity contribution >= 4 is 0 Å². The van der Waals surface area contributed by atoms with Crippen molar-refractivity contribution in [3.63, 3.8) is 0 Å². The molecule has 20 heavy (non-hydrogen) atoms. The van der Waals surface area contributed by atoms with Gasteiger partial charge >= 0.3 is 0 Å². The van der Waals surface area contributed by atoms with Crippen molar-refractivity contribution in [1.82, 2.24) is 9.80 Å². The van der Waals surface area contributed by atoms with E-state index in [9.17, 15) is 5.11 Å². The van der Waals surface area contributed by atoms with E-state index in [4.69, 9.17) is 0 Å². The summed E-state index contributed by atoms with van der Waals surface area (Å²) in [4.78, 5) is 5.04. The second-order valence-electron chi connectivity index (χ2n) is 5.90. The molecule has 0 bridgehead atoms. The Morgan fingerprint density at radius 2 is 2.05 bits per heavy atom. The quantitative estimate of drug-likeness (QED) is 0.895. The third-order valence-corrected chi connectivity index (χ3v) is 4.71. The number of hydrogen-bond acceptors (Lipinski definition) is 3. The van der Waals surface area contributed by atoms with Crippen molar-refractivity contribution in [3.8, 4) is 5.75 Å². The van der Waals surface area contributed by atoms with Crippen molar-refractivity contribution in [2.45, 2.75) is 46.2 Å². The second-order valence-corrected chi connectivity index (χ2v) is 5.90. The van der Waals surface area contributed by atoms with Gasteiger partial charge in [-0.05, 0) is 45.0 Å². The van der Waals surface area contributed by atoms with Gasteiger partial charge in [0.2, 0.25) is 0 Å². The van der Waals surface area contributed by atoms with Crippen LogP contribution < -0.4 is 0 Å². The lowest BCUT2D eigenvalue weighted by Crippen LogP contribution is -2.37. The van der Waals surface area contributed by atoms with Crippen LogP contribution >= 0.6 is 0 Å². The zero-order valence-corrected chi connectivity index (χ0v) is 13.3. The average Bonchev–Trinajstić information content (AvgIpc) is 2.89. The molecule has 0 aliphatic carbocycles. The van der Waals surface area contributed by atoms with Crippen molar-refractivity contribution in [2.75, 3.05) is 26.2 Å². The van der Waals surface area contributed by atoms with Crippen LogP contribution in [0.1, 0.15) is 44.4 Å². The number of phenolic OH excluding ortho intramolecular Hbond substituents is 1. The fraction of sp³-hybridized carbons (Fsp3) is 0.647. The number of aromatic hydroxyl groups is 1. The summed E-state index contributed by atoms with van der Waals surface area (Å²) in [7, 11) is 0. The highest BCUT2D eigenvalue weighted by Gasteiger charge is 2.30. The second kappa shape index (κ2) is 6.59. The highest BCUT2D eigenvalue weighted by atomic mass is 16.3. The van der Waals surface area contributed by atoms with Gasteiger partial charge in [-0.1, -0.05) is 26.0 Å². The van der Waals surface area contributed by atoms with E-state index in [1.54, 1.807) is 0 Å². The van der Waals surface area contributed by atoms with Gasteiger partial charge in [0.1, 0.15) is 5.75 Å². The minimum Gasteiger partial charge on any atom is -0.508 e. The summed E-state index contributed by atoms with van der Waals surface area (Å²) in [6.07, 6.45) is 1.23. The molecule has 1 aromatic carbocycles. The molecule has 2 unspecified atom stereocenters. The predicted octanol–water partition coefficient (Wildman–Crippen LogP) is 3.18. The molecule has 2 rings (SSSR count). The Hall–Kier alpha value is -1.06.